The Bertz CT molecular complexity index is 784. The maximum atomic E-state index is 13.5. The first-order chi connectivity index (χ1) is 12.5. The van der Waals surface area contributed by atoms with E-state index >= 15 is 0 Å². The van der Waals surface area contributed by atoms with Crippen molar-refractivity contribution >= 4 is 23.4 Å². The highest BCUT2D eigenvalue weighted by atomic mass is 19.1. The van der Waals surface area contributed by atoms with Crippen molar-refractivity contribution in [1.29, 1.82) is 0 Å². The second-order valence-corrected chi connectivity index (χ2v) is 6.57. The molecule has 0 aromatic heterocycles. The summed E-state index contributed by atoms with van der Waals surface area (Å²) in [6, 6.07) is 13.0. The van der Waals surface area contributed by atoms with E-state index in [9.17, 15) is 14.0 Å². The number of nitrogens with one attached hydrogen (secondary N) is 2. The van der Waals surface area contributed by atoms with Gasteiger partial charge in [-0.15, -0.1) is 0 Å². The first kappa shape index (κ1) is 17.9. The Labute approximate surface area is 151 Å². The summed E-state index contributed by atoms with van der Waals surface area (Å²) in [5.41, 5.74) is 1.88. The predicted octanol–water partition coefficient (Wildman–Crippen LogP) is 4.83. The zero-order valence-corrected chi connectivity index (χ0v) is 14.2. The van der Waals surface area contributed by atoms with E-state index in [-0.39, 0.29) is 11.6 Å². The smallest absolute Gasteiger partial charge is 0.323 e. The molecule has 0 bridgehead atoms. The van der Waals surface area contributed by atoms with Crippen molar-refractivity contribution < 1.29 is 19.1 Å². The molecule has 2 aromatic rings. The Morgan fingerprint density at radius 2 is 1.58 bits per heavy atom. The van der Waals surface area contributed by atoms with Gasteiger partial charge in [-0.25, -0.2) is 9.18 Å². The number of anilines is 2. The molecule has 0 spiro atoms. The van der Waals surface area contributed by atoms with Crippen LogP contribution in [0.2, 0.25) is 0 Å². The SMILES string of the molecule is O=C(Nc1ccc(C2CCC(C(=O)O)CC2)cc1)Nc1ccccc1F. The summed E-state index contributed by atoms with van der Waals surface area (Å²) in [7, 11) is 0. The van der Waals surface area contributed by atoms with Gasteiger partial charge >= 0.3 is 12.0 Å². The number of benzene rings is 2. The molecular formula is C20H21FN2O3. The van der Waals surface area contributed by atoms with E-state index in [2.05, 4.69) is 10.6 Å². The molecule has 0 aliphatic heterocycles. The van der Waals surface area contributed by atoms with Crippen molar-refractivity contribution in [2.24, 2.45) is 5.92 Å². The molecule has 136 valence electrons. The minimum atomic E-state index is -0.705. The highest BCUT2D eigenvalue weighted by Crippen LogP contribution is 2.36. The van der Waals surface area contributed by atoms with Crippen molar-refractivity contribution in [1.82, 2.24) is 0 Å². The van der Waals surface area contributed by atoms with Gasteiger partial charge in [0.2, 0.25) is 0 Å². The Kier molecular flexibility index (Phi) is 5.51. The third-order valence-corrected chi connectivity index (χ3v) is 4.84. The number of carboxylic acid groups (broad SMARTS) is 1. The van der Waals surface area contributed by atoms with Gasteiger partial charge in [-0.2, -0.15) is 0 Å². The maximum absolute atomic E-state index is 13.5. The first-order valence-electron chi connectivity index (χ1n) is 8.68. The molecule has 1 fully saturated rings. The van der Waals surface area contributed by atoms with Gasteiger partial charge in [0.1, 0.15) is 5.82 Å². The third-order valence-electron chi connectivity index (χ3n) is 4.84. The third kappa shape index (κ3) is 4.39. The molecule has 5 nitrogen and oxygen atoms in total. The van der Waals surface area contributed by atoms with E-state index in [1.54, 1.807) is 24.3 Å². The number of urea groups is 1. The lowest BCUT2D eigenvalue weighted by Crippen LogP contribution is -2.21. The number of halogens is 1. The largest absolute Gasteiger partial charge is 0.481 e. The van der Waals surface area contributed by atoms with Gasteiger partial charge in [-0.1, -0.05) is 24.3 Å². The fourth-order valence-corrected chi connectivity index (χ4v) is 3.36. The van der Waals surface area contributed by atoms with Gasteiger partial charge in [0, 0.05) is 5.69 Å². The molecule has 6 heteroatoms. The molecule has 0 saturated heterocycles. The van der Waals surface area contributed by atoms with Crippen LogP contribution in [0.1, 0.15) is 37.2 Å². The van der Waals surface area contributed by atoms with E-state index in [4.69, 9.17) is 5.11 Å². The van der Waals surface area contributed by atoms with Crippen LogP contribution in [0.4, 0.5) is 20.6 Å². The molecule has 0 unspecified atom stereocenters. The lowest BCUT2D eigenvalue weighted by atomic mass is 9.79. The van der Waals surface area contributed by atoms with Crippen molar-refractivity contribution in [2.45, 2.75) is 31.6 Å². The minimum absolute atomic E-state index is 0.122. The molecule has 1 saturated carbocycles. The van der Waals surface area contributed by atoms with Gasteiger partial charge < -0.3 is 15.7 Å². The molecule has 0 atom stereocenters. The maximum Gasteiger partial charge on any atom is 0.323 e. The van der Waals surface area contributed by atoms with Gasteiger partial charge in [0.25, 0.3) is 0 Å². The van der Waals surface area contributed by atoms with E-state index in [1.807, 2.05) is 12.1 Å². The number of aliphatic carboxylic acids is 1. The van der Waals surface area contributed by atoms with Crippen LogP contribution in [0, 0.1) is 11.7 Å². The summed E-state index contributed by atoms with van der Waals surface area (Å²) in [5, 5.41) is 14.2. The summed E-state index contributed by atoms with van der Waals surface area (Å²) in [6.45, 7) is 0. The molecule has 0 heterocycles. The summed E-state index contributed by atoms with van der Waals surface area (Å²) in [4.78, 5) is 23.0. The van der Waals surface area contributed by atoms with Crippen LogP contribution in [-0.2, 0) is 4.79 Å². The van der Waals surface area contributed by atoms with Crippen LogP contribution in [0.3, 0.4) is 0 Å². The van der Waals surface area contributed by atoms with Gasteiger partial charge in [0.15, 0.2) is 0 Å². The van der Waals surface area contributed by atoms with E-state index in [0.29, 0.717) is 24.4 Å². The van der Waals surface area contributed by atoms with E-state index in [0.717, 1.165) is 18.4 Å². The summed E-state index contributed by atoms with van der Waals surface area (Å²) in [6.07, 6.45) is 3.12. The number of amides is 2. The van der Waals surface area contributed by atoms with Crippen LogP contribution in [0.25, 0.3) is 0 Å². The summed E-state index contributed by atoms with van der Waals surface area (Å²) in [5.74, 6) is -1.07. The molecule has 26 heavy (non-hydrogen) atoms. The lowest BCUT2D eigenvalue weighted by molar-refractivity contribution is -0.142. The molecule has 3 N–H and O–H groups in total. The van der Waals surface area contributed by atoms with Crippen molar-refractivity contribution in [3.8, 4) is 0 Å². The average molecular weight is 356 g/mol. The molecule has 2 aromatic carbocycles. The Morgan fingerprint density at radius 3 is 2.19 bits per heavy atom. The van der Waals surface area contributed by atoms with Crippen LogP contribution < -0.4 is 10.6 Å². The predicted molar refractivity (Wildman–Crippen MR) is 97.8 cm³/mol. The number of carbonyl (C=O) groups excluding carboxylic acids is 1. The van der Waals surface area contributed by atoms with Crippen LogP contribution in [-0.4, -0.2) is 17.1 Å². The fraction of sp³-hybridized carbons (Fsp3) is 0.300. The highest BCUT2D eigenvalue weighted by Gasteiger charge is 2.26. The van der Waals surface area contributed by atoms with Crippen molar-refractivity contribution in [3.05, 3.63) is 59.9 Å². The van der Waals surface area contributed by atoms with E-state index < -0.39 is 17.8 Å². The standard InChI is InChI=1S/C20H21FN2O3/c21-17-3-1-2-4-18(17)23-20(26)22-16-11-9-14(10-12-16)13-5-7-15(8-6-13)19(24)25/h1-4,9-13,15H,5-8H2,(H,24,25)(H2,22,23,26). The topological polar surface area (TPSA) is 78.4 Å². The Morgan fingerprint density at radius 1 is 0.923 bits per heavy atom. The quantitative estimate of drug-likeness (QED) is 0.734. The molecule has 1 aliphatic carbocycles. The number of rotatable bonds is 4. The van der Waals surface area contributed by atoms with Gasteiger partial charge in [-0.3, -0.25) is 4.79 Å². The van der Waals surface area contributed by atoms with E-state index in [1.165, 1.54) is 12.1 Å². The molecule has 1 aliphatic rings. The summed E-state index contributed by atoms with van der Waals surface area (Å²) < 4.78 is 13.5. The number of hydrogen-bond donors (Lipinski definition) is 3. The fourth-order valence-electron chi connectivity index (χ4n) is 3.36. The van der Waals surface area contributed by atoms with Gasteiger partial charge in [0.05, 0.1) is 11.6 Å². The van der Waals surface area contributed by atoms with Gasteiger partial charge in [-0.05, 0) is 61.4 Å². The van der Waals surface area contributed by atoms with Crippen LogP contribution in [0.5, 0.6) is 0 Å². The zero-order chi connectivity index (χ0) is 18.5. The number of para-hydroxylation sites is 1. The monoisotopic (exact) mass is 356 g/mol. The van der Waals surface area contributed by atoms with Crippen molar-refractivity contribution in [3.63, 3.8) is 0 Å². The molecular weight excluding hydrogens is 335 g/mol. The molecule has 3 rings (SSSR count). The zero-order valence-electron chi connectivity index (χ0n) is 14.2. The second kappa shape index (κ2) is 7.99. The average Bonchev–Trinajstić information content (AvgIpc) is 2.64. The summed E-state index contributed by atoms with van der Waals surface area (Å²) >= 11 is 0. The lowest BCUT2D eigenvalue weighted by Gasteiger charge is -2.26. The van der Waals surface area contributed by atoms with Crippen molar-refractivity contribution in [2.75, 3.05) is 10.6 Å². The Balaban J connectivity index is 1.55. The number of carbonyl (C=O) groups is 2. The second-order valence-electron chi connectivity index (χ2n) is 6.57. The number of carboxylic acids is 1. The first-order valence-corrected chi connectivity index (χ1v) is 8.68. The Hall–Kier alpha value is -2.89. The van der Waals surface area contributed by atoms with Crippen LogP contribution in [0.15, 0.2) is 48.5 Å². The molecule has 0 radical (unpaired) electrons. The van der Waals surface area contributed by atoms with Crippen LogP contribution >= 0.6 is 0 Å². The number of hydrogen-bond acceptors (Lipinski definition) is 2. The minimum Gasteiger partial charge on any atom is -0.481 e. The normalized spacial score (nSPS) is 19.6. The molecule has 2 amide bonds. The highest BCUT2D eigenvalue weighted by molar-refractivity contribution is 5.99.